The maximum atomic E-state index is 10.3. The van der Waals surface area contributed by atoms with Crippen LogP contribution in [0.15, 0.2) is 0 Å². The van der Waals surface area contributed by atoms with Crippen molar-refractivity contribution in [3.8, 4) is 0 Å². The van der Waals surface area contributed by atoms with Crippen molar-refractivity contribution < 1.29 is 9.53 Å². The number of hydrogen-bond donors (Lipinski definition) is 0. The molecular formula is C7H12O2. The van der Waals surface area contributed by atoms with Gasteiger partial charge in [-0.05, 0) is 12.8 Å². The highest BCUT2D eigenvalue weighted by Crippen LogP contribution is 2.23. The summed E-state index contributed by atoms with van der Waals surface area (Å²) in [6.07, 6.45) is 1.14. The number of aldehydes is 1. The van der Waals surface area contributed by atoms with Crippen LogP contribution in [0.1, 0.15) is 13.8 Å². The van der Waals surface area contributed by atoms with Gasteiger partial charge in [-0.2, -0.15) is 0 Å². The fourth-order valence-electron chi connectivity index (χ4n) is 1.23. The average Bonchev–Trinajstić information content (AvgIpc) is 2.12. The van der Waals surface area contributed by atoms with Crippen LogP contribution in [0.3, 0.4) is 0 Å². The van der Waals surface area contributed by atoms with Gasteiger partial charge in [0.05, 0.1) is 12.7 Å². The SMILES string of the molecule is CC1COC(C)C1C=O. The molecule has 0 aromatic carbocycles. The number of carbonyl (C=O) groups excluding carboxylic acids is 1. The van der Waals surface area contributed by atoms with E-state index in [-0.39, 0.29) is 12.0 Å². The van der Waals surface area contributed by atoms with Crippen molar-refractivity contribution in [2.45, 2.75) is 20.0 Å². The van der Waals surface area contributed by atoms with E-state index in [2.05, 4.69) is 0 Å². The predicted octanol–water partition coefficient (Wildman–Crippen LogP) is 0.856. The molecule has 0 aromatic rings. The summed E-state index contributed by atoms with van der Waals surface area (Å²) in [7, 11) is 0. The molecule has 1 aliphatic heterocycles. The van der Waals surface area contributed by atoms with Crippen molar-refractivity contribution in [2.24, 2.45) is 11.8 Å². The van der Waals surface area contributed by atoms with E-state index < -0.39 is 0 Å². The summed E-state index contributed by atoms with van der Waals surface area (Å²) in [5.41, 5.74) is 0. The lowest BCUT2D eigenvalue weighted by Gasteiger charge is -2.07. The molecule has 0 N–H and O–H groups in total. The third-order valence-corrected chi connectivity index (χ3v) is 1.98. The van der Waals surface area contributed by atoms with Gasteiger partial charge in [-0.15, -0.1) is 0 Å². The average molecular weight is 128 g/mol. The number of rotatable bonds is 1. The van der Waals surface area contributed by atoms with Crippen molar-refractivity contribution in [3.63, 3.8) is 0 Å². The Hall–Kier alpha value is -0.370. The second kappa shape index (κ2) is 2.48. The van der Waals surface area contributed by atoms with Crippen LogP contribution < -0.4 is 0 Å². The molecule has 3 unspecified atom stereocenters. The highest BCUT2D eigenvalue weighted by Gasteiger charge is 2.30. The summed E-state index contributed by atoms with van der Waals surface area (Å²) in [6, 6.07) is 0. The van der Waals surface area contributed by atoms with Crippen LogP contribution in [0.5, 0.6) is 0 Å². The van der Waals surface area contributed by atoms with Gasteiger partial charge in [-0.25, -0.2) is 0 Å². The molecule has 1 aliphatic rings. The molecular weight excluding hydrogens is 116 g/mol. The van der Waals surface area contributed by atoms with Gasteiger partial charge < -0.3 is 9.53 Å². The van der Waals surface area contributed by atoms with E-state index in [0.29, 0.717) is 5.92 Å². The Kier molecular flexibility index (Phi) is 1.86. The van der Waals surface area contributed by atoms with Crippen LogP contribution in [0.2, 0.25) is 0 Å². The second-order valence-corrected chi connectivity index (χ2v) is 2.73. The van der Waals surface area contributed by atoms with Gasteiger partial charge in [0, 0.05) is 5.92 Å². The van der Waals surface area contributed by atoms with E-state index in [1.165, 1.54) is 0 Å². The van der Waals surface area contributed by atoms with Crippen LogP contribution in [-0.4, -0.2) is 19.0 Å². The minimum Gasteiger partial charge on any atom is -0.377 e. The normalized spacial score (nSPS) is 43.1. The maximum absolute atomic E-state index is 10.3. The minimum atomic E-state index is 0.130. The highest BCUT2D eigenvalue weighted by molar-refractivity contribution is 5.55. The van der Waals surface area contributed by atoms with Crippen molar-refractivity contribution in [1.82, 2.24) is 0 Å². The molecule has 52 valence electrons. The van der Waals surface area contributed by atoms with E-state index in [1.807, 2.05) is 13.8 Å². The van der Waals surface area contributed by atoms with Crippen molar-refractivity contribution in [1.29, 1.82) is 0 Å². The molecule has 3 atom stereocenters. The zero-order valence-electron chi connectivity index (χ0n) is 5.83. The molecule has 1 fully saturated rings. The van der Waals surface area contributed by atoms with Gasteiger partial charge in [-0.3, -0.25) is 0 Å². The van der Waals surface area contributed by atoms with E-state index in [4.69, 9.17) is 4.74 Å². The lowest BCUT2D eigenvalue weighted by atomic mass is 9.95. The Morgan fingerprint density at radius 2 is 2.22 bits per heavy atom. The first-order chi connectivity index (χ1) is 4.25. The lowest BCUT2D eigenvalue weighted by Crippen LogP contribution is -2.16. The lowest BCUT2D eigenvalue weighted by molar-refractivity contribution is -0.112. The number of ether oxygens (including phenoxy) is 1. The third kappa shape index (κ3) is 1.13. The Morgan fingerprint density at radius 1 is 1.56 bits per heavy atom. The zero-order valence-corrected chi connectivity index (χ0v) is 5.83. The van der Waals surface area contributed by atoms with Gasteiger partial charge in [0.2, 0.25) is 0 Å². The Bertz CT molecular complexity index is 101. The maximum Gasteiger partial charge on any atom is 0.126 e. The molecule has 1 rings (SSSR count). The third-order valence-electron chi connectivity index (χ3n) is 1.98. The Morgan fingerprint density at radius 3 is 2.44 bits per heavy atom. The molecule has 1 saturated heterocycles. The summed E-state index contributed by atoms with van der Waals surface area (Å²) in [5, 5.41) is 0. The van der Waals surface area contributed by atoms with Crippen LogP contribution >= 0.6 is 0 Å². The second-order valence-electron chi connectivity index (χ2n) is 2.73. The fraction of sp³-hybridized carbons (Fsp3) is 0.857. The number of hydrogen-bond acceptors (Lipinski definition) is 2. The first-order valence-electron chi connectivity index (χ1n) is 3.32. The first kappa shape index (κ1) is 6.75. The van der Waals surface area contributed by atoms with E-state index in [1.54, 1.807) is 0 Å². The zero-order chi connectivity index (χ0) is 6.85. The van der Waals surface area contributed by atoms with Crippen molar-refractivity contribution >= 4 is 6.29 Å². The standard InChI is InChI=1S/C7H12O2/c1-5-4-9-6(2)7(5)3-8/h3,5-7H,4H2,1-2H3. The van der Waals surface area contributed by atoms with Gasteiger partial charge in [-0.1, -0.05) is 6.92 Å². The van der Waals surface area contributed by atoms with Gasteiger partial charge >= 0.3 is 0 Å². The predicted molar refractivity (Wildman–Crippen MR) is 34.1 cm³/mol. The molecule has 0 radical (unpaired) electrons. The molecule has 0 spiro atoms. The summed E-state index contributed by atoms with van der Waals surface area (Å²) >= 11 is 0. The van der Waals surface area contributed by atoms with E-state index >= 15 is 0 Å². The van der Waals surface area contributed by atoms with E-state index in [9.17, 15) is 4.79 Å². The molecule has 0 amide bonds. The number of carbonyl (C=O) groups is 1. The monoisotopic (exact) mass is 128 g/mol. The molecule has 0 bridgehead atoms. The van der Waals surface area contributed by atoms with E-state index in [0.717, 1.165) is 12.9 Å². The minimum absolute atomic E-state index is 0.130. The van der Waals surface area contributed by atoms with Crippen LogP contribution in [0, 0.1) is 11.8 Å². The first-order valence-corrected chi connectivity index (χ1v) is 3.32. The topological polar surface area (TPSA) is 26.3 Å². The van der Waals surface area contributed by atoms with Gasteiger partial charge in [0.25, 0.3) is 0 Å². The van der Waals surface area contributed by atoms with Gasteiger partial charge in [0.15, 0.2) is 0 Å². The summed E-state index contributed by atoms with van der Waals surface area (Å²) in [5.74, 6) is 0.544. The molecule has 2 nitrogen and oxygen atoms in total. The summed E-state index contributed by atoms with van der Waals surface area (Å²) in [6.45, 7) is 4.73. The molecule has 0 aliphatic carbocycles. The quantitative estimate of drug-likeness (QED) is 0.489. The smallest absolute Gasteiger partial charge is 0.126 e. The van der Waals surface area contributed by atoms with Crippen LogP contribution in [-0.2, 0) is 9.53 Å². The summed E-state index contributed by atoms with van der Waals surface area (Å²) < 4.78 is 5.24. The van der Waals surface area contributed by atoms with Crippen molar-refractivity contribution in [3.05, 3.63) is 0 Å². The Labute approximate surface area is 55.2 Å². The molecule has 1 heterocycles. The highest BCUT2D eigenvalue weighted by atomic mass is 16.5. The van der Waals surface area contributed by atoms with Crippen LogP contribution in [0.25, 0.3) is 0 Å². The van der Waals surface area contributed by atoms with Crippen molar-refractivity contribution in [2.75, 3.05) is 6.61 Å². The van der Waals surface area contributed by atoms with Crippen LogP contribution in [0.4, 0.5) is 0 Å². The summed E-state index contributed by atoms with van der Waals surface area (Å²) in [4.78, 5) is 10.3. The molecule has 2 heteroatoms. The fourth-order valence-corrected chi connectivity index (χ4v) is 1.23. The molecule has 9 heavy (non-hydrogen) atoms. The Balaban J connectivity index is 2.54. The molecule has 0 saturated carbocycles. The van der Waals surface area contributed by atoms with Gasteiger partial charge in [0.1, 0.15) is 6.29 Å². The molecule has 0 aromatic heterocycles. The largest absolute Gasteiger partial charge is 0.377 e.